The van der Waals surface area contributed by atoms with Gasteiger partial charge in [-0.15, -0.1) is 0 Å². The van der Waals surface area contributed by atoms with Crippen molar-refractivity contribution in [1.82, 2.24) is 9.97 Å². The second-order valence-electron chi connectivity index (χ2n) is 3.99. The lowest BCUT2D eigenvalue weighted by Crippen LogP contribution is -2.06. The van der Waals surface area contributed by atoms with Crippen molar-refractivity contribution in [2.75, 3.05) is 11.9 Å². The minimum atomic E-state index is -0.542. The van der Waals surface area contributed by atoms with Gasteiger partial charge in [0.05, 0.1) is 6.61 Å². The molecule has 0 aliphatic rings. The lowest BCUT2D eigenvalue weighted by Gasteiger charge is -2.10. The van der Waals surface area contributed by atoms with Crippen molar-refractivity contribution in [3.63, 3.8) is 0 Å². The third-order valence-electron chi connectivity index (χ3n) is 2.67. The number of aromatic nitrogens is 2. The van der Waals surface area contributed by atoms with Gasteiger partial charge in [-0.2, -0.15) is 4.39 Å². The van der Waals surface area contributed by atoms with E-state index in [4.69, 9.17) is 4.74 Å². The van der Waals surface area contributed by atoms with Crippen LogP contribution in [-0.4, -0.2) is 16.6 Å². The molecule has 0 aliphatic carbocycles. The highest BCUT2D eigenvalue weighted by Gasteiger charge is 2.03. The Morgan fingerprint density at radius 1 is 1.21 bits per heavy atom. The first-order valence-corrected chi connectivity index (χ1v) is 6.15. The molecule has 0 atom stereocenters. The molecule has 0 amide bonds. The smallest absolute Gasteiger partial charge is 0.217 e. The predicted octanol–water partition coefficient (Wildman–Crippen LogP) is 2.76. The van der Waals surface area contributed by atoms with E-state index in [0.29, 0.717) is 25.6 Å². The summed E-state index contributed by atoms with van der Waals surface area (Å²) in [7, 11) is 0. The van der Waals surface area contributed by atoms with Gasteiger partial charge >= 0.3 is 0 Å². The molecule has 0 spiro atoms. The Morgan fingerprint density at radius 2 is 2.00 bits per heavy atom. The highest BCUT2D eigenvalue weighted by Crippen LogP contribution is 2.12. The van der Waals surface area contributed by atoms with Gasteiger partial charge in [0.15, 0.2) is 0 Å². The lowest BCUT2D eigenvalue weighted by atomic mass is 10.1. The molecule has 100 valence electrons. The molecule has 2 aromatic rings. The van der Waals surface area contributed by atoms with E-state index in [1.807, 2.05) is 31.2 Å². The summed E-state index contributed by atoms with van der Waals surface area (Å²) < 4.78 is 18.3. The molecule has 0 radical (unpaired) electrons. The van der Waals surface area contributed by atoms with Crippen LogP contribution in [0.2, 0.25) is 0 Å². The average molecular weight is 261 g/mol. The largest absolute Gasteiger partial charge is 0.377 e. The van der Waals surface area contributed by atoms with Crippen molar-refractivity contribution < 1.29 is 9.13 Å². The van der Waals surface area contributed by atoms with Gasteiger partial charge in [0.2, 0.25) is 5.95 Å². The number of rotatable bonds is 6. The number of nitrogens with one attached hydrogen (secondary N) is 1. The molecule has 0 bridgehead atoms. The van der Waals surface area contributed by atoms with E-state index < -0.39 is 5.95 Å². The number of benzene rings is 1. The average Bonchev–Trinajstić information content (AvgIpc) is 2.44. The summed E-state index contributed by atoms with van der Waals surface area (Å²) in [5.74, 6) is -0.0705. The topological polar surface area (TPSA) is 47.0 Å². The summed E-state index contributed by atoms with van der Waals surface area (Å²) in [5.41, 5.74) is 2.22. The van der Waals surface area contributed by atoms with E-state index in [1.54, 1.807) is 0 Å². The fourth-order valence-electron chi connectivity index (χ4n) is 1.70. The maximum Gasteiger partial charge on any atom is 0.217 e. The molecule has 0 fully saturated rings. The Morgan fingerprint density at radius 3 is 2.74 bits per heavy atom. The predicted molar refractivity (Wildman–Crippen MR) is 71.1 cm³/mol. The number of ether oxygens (including phenoxy) is 1. The fourth-order valence-corrected chi connectivity index (χ4v) is 1.70. The molecule has 0 saturated heterocycles. The minimum Gasteiger partial charge on any atom is -0.377 e. The molecule has 4 nitrogen and oxygen atoms in total. The van der Waals surface area contributed by atoms with Crippen molar-refractivity contribution in [2.45, 2.75) is 20.1 Å². The standard InChI is InChI=1S/C14H16FN3O/c1-2-19-9-12-6-4-3-5-11(12)8-16-14-7-13(15)17-10-18-14/h3-7,10H,2,8-9H2,1H3,(H,16,17,18). The third-order valence-corrected chi connectivity index (χ3v) is 2.67. The lowest BCUT2D eigenvalue weighted by molar-refractivity contribution is 0.133. The van der Waals surface area contributed by atoms with Crippen LogP contribution in [0.25, 0.3) is 0 Å². The zero-order chi connectivity index (χ0) is 13.5. The van der Waals surface area contributed by atoms with E-state index in [0.717, 1.165) is 11.1 Å². The fraction of sp³-hybridized carbons (Fsp3) is 0.286. The van der Waals surface area contributed by atoms with Crippen LogP contribution in [0.3, 0.4) is 0 Å². The van der Waals surface area contributed by atoms with Crippen LogP contribution in [0.5, 0.6) is 0 Å². The van der Waals surface area contributed by atoms with Gasteiger partial charge in [-0.05, 0) is 18.1 Å². The van der Waals surface area contributed by atoms with Crippen molar-refractivity contribution in [2.24, 2.45) is 0 Å². The second kappa shape index (κ2) is 6.80. The van der Waals surface area contributed by atoms with Crippen LogP contribution >= 0.6 is 0 Å². The molecule has 1 N–H and O–H groups in total. The van der Waals surface area contributed by atoms with Crippen molar-refractivity contribution >= 4 is 5.82 Å². The number of anilines is 1. The molecule has 0 unspecified atom stereocenters. The van der Waals surface area contributed by atoms with E-state index in [2.05, 4.69) is 15.3 Å². The normalized spacial score (nSPS) is 10.4. The summed E-state index contributed by atoms with van der Waals surface area (Å²) in [6, 6.07) is 9.24. The number of hydrogen-bond acceptors (Lipinski definition) is 4. The van der Waals surface area contributed by atoms with Gasteiger partial charge in [0, 0.05) is 19.2 Å². The molecule has 19 heavy (non-hydrogen) atoms. The van der Waals surface area contributed by atoms with Gasteiger partial charge < -0.3 is 10.1 Å². The first kappa shape index (κ1) is 13.4. The van der Waals surface area contributed by atoms with Crippen LogP contribution in [0.4, 0.5) is 10.2 Å². The third kappa shape index (κ3) is 3.99. The molecule has 0 saturated carbocycles. The van der Waals surface area contributed by atoms with Crippen LogP contribution in [0.1, 0.15) is 18.1 Å². The first-order valence-electron chi connectivity index (χ1n) is 6.15. The van der Waals surface area contributed by atoms with E-state index in [9.17, 15) is 4.39 Å². The Balaban J connectivity index is 2.02. The Labute approximate surface area is 111 Å². The van der Waals surface area contributed by atoms with Gasteiger partial charge in [0.25, 0.3) is 0 Å². The van der Waals surface area contributed by atoms with Crippen LogP contribution in [0, 0.1) is 5.95 Å². The summed E-state index contributed by atoms with van der Waals surface area (Å²) in [6.07, 6.45) is 1.20. The first-order chi connectivity index (χ1) is 9.29. The molecule has 2 rings (SSSR count). The number of nitrogens with zero attached hydrogens (tertiary/aromatic N) is 2. The van der Waals surface area contributed by atoms with Crippen molar-refractivity contribution in [3.8, 4) is 0 Å². The quantitative estimate of drug-likeness (QED) is 0.812. The number of halogens is 1. The van der Waals surface area contributed by atoms with Gasteiger partial charge in [0.1, 0.15) is 12.1 Å². The summed E-state index contributed by atoms with van der Waals surface area (Å²) in [4.78, 5) is 7.37. The highest BCUT2D eigenvalue weighted by atomic mass is 19.1. The van der Waals surface area contributed by atoms with E-state index in [1.165, 1.54) is 12.4 Å². The van der Waals surface area contributed by atoms with E-state index >= 15 is 0 Å². The molecule has 1 aromatic heterocycles. The summed E-state index contributed by atoms with van der Waals surface area (Å²) >= 11 is 0. The molecule has 0 aliphatic heterocycles. The van der Waals surface area contributed by atoms with Gasteiger partial charge in [-0.3, -0.25) is 0 Å². The Kier molecular flexibility index (Phi) is 4.80. The Bertz CT molecular complexity index is 534. The molecular weight excluding hydrogens is 245 g/mol. The molecule has 5 heteroatoms. The van der Waals surface area contributed by atoms with E-state index in [-0.39, 0.29) is 0 Å². The SMILES string of the molecule is CCOCc1ccccc1CNc1cc(F)ncn1. The number of hydrogen-bond donors (Lipinski definition) is 1. The van der Waals surface area contributed by atoms with Crippen molar-refractivity contribution in [3.05, 3.63) is 53.7 Å². The van der Waals surface area contributed by atoms with Crippen molar-refractivity contribution in [1.29, 1.82) is 0 Å². The monoisotopic (exact) mass is 261 g/mol. The van der Waals surface area contributed by atoms with Gasteiger partial charge in [-0.1, -0.05) is 24.3 Å². The zero-order valence-corrected chi connectivity index (χ0v) is 10.8. The van der Waals surface area contributed by atoms with Crippen LogP contribution < -0.4 is 5.32 Å². The Hall–Kier alpha value is -2.01. The van der Waals surface area contributed by atoms with Gasteiger partial charge in [-0.25, -0.2) is 9.97 Å². The van der Waals surface area contributed by atoms with Crippen LogP contribution in [-0.2, 0) is 17.9 Å². The zero-order valence-electron chi connectivity index (χ0n) is 10.8. The maximum atomic E-state index is 12.9. The maximum absolute atomic E-state index is 12.9. The second-order valence-corrected chi connectivity index (χ2v) is 3.99. The van der Waals surface area contributed by atoms with Crippen LogP contribution in [0.15, 0.2) is 36.7 Å². The molecule has 1 heterocycles. The molecular formula is C14H16FN3O. The highest BCUT2D eigenvalue weighted by molar-refractivity contribution is 5.36. The summed E-state index contributed by atoms with van der Waals surface area (Å²) in [5, 5.41) is 3.07. The summed E-state index contributed by atoms with van der Waals surface area (Å²) in [6.45, 7) is 3.79. The molecule has 1 aromatic carbocycles. The minimum absolute atomic E-state index is 0.471.